The zero-order valence-corrected chi connectivity index (χ0v) is 9.41. The van der Waals surface area contributed by atoms with Crippen molar-refractivity contribution >= 4 is 29.1 Å². The monoisotopic (exact) mass is 271 g/mol. The van der Waals surface area contributed by atoms with E-state index in [1.165, 1.54) is 13.0 Å². The number of hydrogen-bond acceptors (Lipinski definition) is 3. The lowest BCUT2D eigenvalue weighted by molar-refractivity contribution is -0.385. The fraction of sp³-hybridized carbons (Fsp3) is 0.250. The van der Waals surface area contributed by atoms with E-state index >= 15 is 0 Å². The van der Waals surface area contributed by atoms with Gasteiger partial charge in [0, 0.05) is 10.5 Å². The van der Waals surface area contributed by atoms with E-state index in [2.05, 4.69) is 0 Å². The molecule has 0 aliphatic rings. The molecule has 16 heavy (non-hydrogen) atoms. The Morgan fingerprint density at radius 1 is 1.44 bits per heavy atom. The van der Waals surface area contributed by atoms with Crippen LogP contribution in [0.15, 0.2) is 17.0 Å². The molecule has 0 fully saturated rings. The van der Waals surface area contributed by atoms with Crippen LogP contribution in [0.4, 0.5) is 18.9 Å². The van der Waals surface area contributed by atoms with E-state index in [1.54, 1.807) is 0 Å². The number of nitro groups is 1. The van der Waals surface area contributed by atoms with Gasteiger partial charge in [0.25, 0.3) is 5.69 Å². The Morgan fingerprint density at radius 3 is 2.44 bits per heavy atom. The molecule has 1 aromatic carbocycles. The Hall–Kier alpha value is -0.950. The van der Waals surface area contributed by atoms with Crippen molar-refractivity contribution in [2.45, 2.75) is 17.3 Å². The zero-order chi connectivity index (χ0) is 12.5. The van der Waals surface area contributed by atoms with Crippen molar-refractivity contribution < 1.29 is 18.1 Å². The summed E-state index contributed by atoms with van der Waals surface area (Å²) in [6, 6.07) is 2.35. The molecule has 0 amide bonds. The number of nitrogens with zero attached hydrogens (tertiary/aromatic N) is 1. The molecule has 0 spiro atoms. The molecule has 0 heterocycles. The van der Waals surface area contributed by atoms with Gasteiger partial charge in [-0.15, -0.1) is 0 Å². The molecule has 0 aliphatic heterocycles. The number of hydrogen-bond donors (Lipinski definition) is 0. The van der Waals surface area contributed by atoms with Crippen LogP contribution < -0.4 is 0 Å². The normalized spacial score (nSPS) is 11.6. The van der Waals surface area contributed by atoms with Crippen LogP contribution in [0, 0.1) is 17.0 Å². The smallest absolute Gasteiger partial charge is 0.258 e. The second kappa shape index (κ2) is 4.50. The first kappa shape index (κ1) is 13.1. The van der Waals surface area contributed by atoms with Gasteiger partial charge in [0.2, 0.25) is 0 Å². The van der Waals surface area contributed by atoms with Crippen molar-refractivity contribution in [3.63, 3.8) is 0 Å². The third kappa shape index (κ3) is 3.02. The van der Waals surface area contributed by atoms with E-state index < -0.39 is 32.9 Å². The highest BCUT2D eigenvalue weighted by Gasteiger charge is 2.32. The van der Waals surface area contributed by atoms with Crippen LogP contribution in [-0.2, 0) is 0 Å². The number of halogens is 4. The maximum Gasteiger partial charge on any atom is 0.446 e. The van der Waals surface area contributed by atoms with Crippen molar-refractivity contribution in [1.82, 2.24) is 0 Å². The highest BCUT2D eigenvalue weighted by Crippen LogP contribution is 2.43. The number of nitro benzene ring substituents is 1. The van der Waals surface area contributed by atoms with Gasteiger partial charge in [-0.25, -0.2) is 0 Å². The first-order chi connectivity index (χ1) is 7.22. The zero-order valence-electron chi connectivity index (χ0n) is 7.84. The first-order valence-electron chi connectivity index (χ1n) is 3.91. The van der Waals surface area contributed by atoms with Crippen LogP contribution in [0.25, 0.3) is 0 Å². The highest BCUT2D eigenvalue weighted by atomic mass is 35.5. The minimum absolute atomic E-state index is 0.224. The molecule has 0 N–H and O–H groups in total. The Morgan fingerprint density at radius 2 is 2.00 bits per heavy atom. The van der Waals surface area contributed by atoms with Crippen molar-refractivity contribution in [2.75, 3.05) is 0 Å². The number of alkyl halides is 3. The topological polar surface area (TPSA) is 43.1 Å². The molecular weight excluding hydrogens is 267 g/mol. The Balaban J connectivity index is 3.24. The van der Waals surface area contributed by atoms with Crippen molar-refractivity contribution in [2.24, 2.45) is 0 Å². The molecular formula is C8H5ClF3NO2S. The van der Waals surface area contributed by atoms with Crippen molar-refractivity contribution in [1.29, 1.82) is 0 Å². The Kier molecular flexibility index (Phi) is 3.69. The quantitative estimate of drug-likeness (QED) is 0.461. The van der Waals surface area contributed by atoms with Gasteiger partial charge < -0.3 is 0 Å². The predicted molar refractivity (Wildman–Crippen MR) is 54.8 cm³/mol. The molecule has 1 rings (SSSR count). The number of aryl methyl sites for hydroxylation is 1. The summed E-state index contributed by atoms with van der Waals surface area (Å²) in [6.07, 6.45) is 0. The minimum Gasteiger partial charge on any atom is -0.258 e. The molecule has 0 atom stereocenters. The van der Waals surface area contributed by atoms with Crippen molar-refractivity contribution in [3.8, 4) is 0 Å². The van der Waals surface area contributed by atoms with Gasteiger partial charge in [0.05, 0.1) is 4.92 Å². The van der Waals surface area contributed by atoms with Crippen LogP contribution in [0.1, 0.15) is 5.56 Å². The molecule has 8 heteroatoms. The van der Waals surface area contributed by atoms with Gasteiger partial charge in [0.1, 0.15) is 5.02 Å². The van der Waals surface area contributed by atoms with Crippen LogP contribution in [-0.4, -0.2) is 10.4 Å². The fourth-order valence-electron chi connectivity index (χ4n) is 1.07. The molecule has 0 aliphatic carbocycles. The van der Waals surface area contributed by atoms with Crippen LogP contribution in [0.2, 0.25) is 5.02 Å². The Bertz CT molecular complexity index is 436. The molecule has 88 valence electrons. The molecule has 0 saturated heterocycles. The molecule has 0 aromatic heterocycles. The van der Waals surface area contributed by atoms with Crippen LogP contribution in [0.5, 0.6) is 0 Å². The molecule has 0 bridgehead atoms. The summed E-state index contributed by atoms with van der Waals surface area (Å²) < 4.78 is 36.3. The summed E-state index contributed by atoms with van der Waals surface area (Å²) in [7, 11) is 0. The molecule has 1 aromatic rings. The molecule has 0 unspecified atom stereocenters. The number of thioether (sulfide) groups is 1. The van der Waals surface area contributed by atoms with Gasteiger partial charge in [-0.05, 0) is 24.8 Å². The molecule has 0 radical (unpaired) electrons. The molecule has 0 saturated carbocycles. The third-order valence-electron chi connectivity index (χ3n) is 1.69. The first-order valence-corrected chi connectivity index (χ1v) is 5.11. The summed E-state index contributed by atoms with van der Waals surface area (Å²) >= 11 is 5.08. The summed E-state index contributed by atoms with van der Waals surface area (Å²) in [5.74, 6) is 0. The lowest BCUT2D eigenvalue weighted by Crippen LogP contribution is -2.01. The maximum atomic E-state index is 12.1. The third-order valence-corrected chi connectivity index (χ3v) is 2.98. The highest BCUT2D eigenvalue weighted by molar-refractivity contribution is 8.00. The lowest BCUT2D eigenvalue weighted by Gasteiger charge is -2.08. The lowest BCUT2D eigenvalue weighted by atomic mass is 10.2. The van der Waals surface area contributed by atoms with E-state index in [0.29, 0.717) is 0 Å². The van der Waals surface area contributed by atoms with E-state index in [9.17, 15) is 23.3 Å². The van der Waals surface area contributed by atoms with Gasteiger partial charge in [-0.2, -0.15) is 13.2 Å². The summed E-state index contributed by atoms with van der Waals surface area (Å²) in [5.41, 5.74) is -4.79. The number of rotatable bonds is 2. The van der Waals surface area contributed by atoms with E-state index in [1.807, 2.05) is 0 Å². The SMILES string of the molecule is Cc1ccc(SC(F)(F)F)c(Cl)c1[N+](=O)[O-]. The van der Waals surface area contributed by atoms with Gasteiger partial charge in [-0.3, -0.25) is 10.1 Å². The van der Waals surface area contributed by atoms with E-state index in [-0.39, 0.29) is 10.5 Å². The second-order valence-electron chi connectivity index (χ2n) is 2.85. The summed E-state index contributed by atoms with van der Waals surface area (Å²) in [5, 5.41) is 10.1. The number of benzene rings is 1. The fourth-order valence-corrected chi connectivity index (χ4v) is 2.04. The van der Waals surface area contributed by atoms with Crippen LogP contribution in [0.3, 0.4) is 0 Å². The average molecular weight is 272 g/mol. The maximum absolute atomic E-state index is 12.1. The van der Waals surface area contributed by atoms with Crippen molar-refractivity contribution in [3.05, 3.63) is 32.8 Å². The summed E-state index contributed by atoms with van der Waals surface area (Å²) in [6.45, 7) is 1.41. The average Bonchev–Trinajstić information content (AvgIpc) is 2.07. The largest absolute Gasteiger partial charge is 0.446 e. The Labute approximate surface area is 97.7 Å². The minimum atomic E-state index is -4.52. The van der Waals surface area contributed by atoms with Crippen LogP contribution >= 0.6 is 23.4 Å². The van der Waals surface area contributed by atoms with Gasteiger partial charge in [0.15, 0.2) is 0 Å². The van der Waals surface area contributed by atoms with Gasteiger partial charge in [-0.1, -0.05) is 17.7 Å². The second-order valence-corrected chi connectivity index (χ2v) is 4.33. The van der Waals surface area contributed by atoms with Gasteiger partial charge >= 0.3 is 5.51 Å². The van der Waals surface area contributed by atoms with E-state index in [4.69, 9.17) is 11.6 Å². The molecule has 3 nitrogen and oxygen atoms in total. The summed E-state index contributed by atoms with van der Waals surface area (Å²) in [4.78, 5) is 9.43. The predicted octanol–water partition coefficient (Wildman–Crippen LogP) is 4.17. The van der Waals surface area contributed by atoms with E-state index in [0.717, 1.165) is 6.07 Å². The standard InChI is InChI=1S/C8H5ClF3NO2S/c1-4-2-3-5(16-8(10,11)12)6(9)7(4)13(14)15/h2-3H,1H3.